The monoisotopic (exact) mass is 247 g/mol. The fourth-order valence-corrected chi connectivity index (χ4v) is 1.53. The fraction of sp³-hybridized carbons (Fsp3) is 0.143. The van der Waals surface area contributed by atoms with Crippen LogP contribution in [0.5, 0.6) is 5.75 Å². The molecule has 18 heavy (non-hydrogen) atoms. The molecular formula is C14H14FNO2. The van der Waals surface area contributed by atoms with Gasteiger partial charge in [0.2, 0.25) is 0 Å². The molecule has 0 saturated carbocycles. The van der Waals surface area contributed by atoms with Gasteiger partial charge in [-0.25, -0.2) is 4.39 Å². The largest absolute Gasteiger partial charge is 0.489 e. The molecular weight excluding hydrogens is 233 g/mol. The number of hydrogen-bond donors (Lipinski definition) is 1. The van der Waals surface area contributed by atoms with Crippen LogP contribution < -0.4 is 10.2 Å². The summed E-state index contributed by atoms with van der Waals surface area (Å²) in [6, 6.07) is 13.7. The minimum atomic E-state index is -0.254. The van der Waals surface area contributed by atoms with E-state index in [1.165, 1.54) is 12.1 Å². The summed E-state index contributed by atoms with van der Waals surface area (Å²) in [6.07, 6.45) is 0. The summed E-state index contributed by atoms with van der Waals surface area (Å²) >= 11 is 0. The van der Waals surface area contributed by atoms with Crippen molar-refractivity contribution in [3.63, 3.8) is 0 Å². The van der Waals surface area contributed by atoms with Crippen LogP contribution in [0.4, 0.5) is 10.1 Å². The molecule has 0 amide bonds. The topological polar surface area (TPSA) is 30.5 Å². The van der Waals surface area contributed by atoms with E-state index < -0.39 is 0 Å². The van der Waals surface area contributed by atoms with Crippen LogP contribution >= 0.6 is 0 Å². The number of ether oxygens (including phenoxy) is 1. The number of rotatable bonds is 5. The van der Waals surface area contributed by atoms with Gasteiger partial charge in [-0.05, 0) is 42.0 Å². The molecule has 0 aromatic heterocycles. The first kappa shape index (κ1) is 12.4. The van der Waals surface area contributed by atoms with Crippen molar-refractivity contribution in [3.8, 4) is 5.75 Å². The van der Waals surface area contributed by atoms with Gasteiger partial charge in [-0.3, -0.25) is 10.3 Å². The quantitative estimate of drug-likeness (QED) is 0.822. The predicted molar refractivity (Wildman–Crippen MR) is 67.8 cm³/mol. The lowest BCUT2D eigenvalue weighted by atomic mass is 10.2. The molecule has 0 saturated heterocycles. The Hall–Kier alpha value is -2.07. The lowest BCUT2D eigenvalue weighted by Crippen LogP contribution is -1.97. The van der Waals surface area contributed by atoms with Crippen molar-refractivity contribution in [2.24, 2.45) is 0 Å². The highest BCUT2D eigenvalue weighted by molar-refractivity contribution is 5.44. The van der Waals surface area contributed by atoms with Crippen LogP contribution in [0.3, 0.4) is 0 Å². The van der Waals surface area contributed by atoms with Crippen LogP contribution in [0.15, 0.2) is 48.5 Å². The van der Waals surface area contributed by atoms with E-state index in [0.717, 1.165) is 17.0 Å². The fourth-order valence-electron chi connectivity index (χ4n) is 1.53. The minimum Gasteiger partial charge on any atom is -0.489 e. The van der Waals surface area contributed by atoms with Gasteiger partial charge in [0.15, 0.2) is 0 Å². The molecule has 0 radical (unpaired) electrons. The van der Waals surface area contributed by atoms with E-state index in [1.807, 2.05) is 30.3 Å². The highest BCUT2D eigenvalue weighted by Gasteiger charge is 1.98. The molecule has 2 rings (SSSR count). The third-order valence-electron chi connectivity index (χ3n) is 2.37. The Morgan fingerprint density at radius 2 is 1.89 bits per heavy atom. The zero-order chi connectivity index (χ0) is 12.8. The summed E-state index contributed by atoms with van der Waals surface area (Å²) < 4.78 is 18.5. The lowest BCUT2D eigenvalue weighted by molar-refractivity contribution is 0.270. The smallest absolute Gasteiger partial charge is 0.123 e. The van der Waals surface area contributed by atoms with Gasteiger partial charge in [0.25, 0.3) is 0 Å². The molecule has 0 bridgehead atoms. The number of anilines is 1. The van der Waals surface area contributed by atoms with Gasteiger partial charge in [0.05, 0.1) is 12.8 Å². The third-order valence-corrected chi connectivity index (χ3v) is 2.37. The van der Waals surface area contributed by atoms with Crippen molar-refractivity contribution >= 4 is 5.69 Å². The second-order valence-electron chi connectivity index (χ2n) is 3.75. The summed E-state index contributed by atoms with van der Waals surface area (Å²) in [5, 5.41) is 0. The van der Waals surface area contributed by atoms with Gasteiger partial charge >= 0.3 is 0 Å². The lowest BCUT2D eigenvalue weighted by Gasteiger charge is -2.08. The Labute approximate surface area is 105 Å². The predicted octanol–water partition coefficient (Wildman–Crippen LogP) is 3.38. The van der Waals surface area contributed by atoms with Gasteiger partial charge in [-0.2, -0.15) is 0 Å². The number of nitrogens with one attached hydrogen (secondary N) is 1. The molecule has 0 heterocycles. The molecule has 4 heteroatoms. The average Bonchev–Trinajstić information content (AvgIpc) is 2.38. The van der Waals surface area contributed by atoms with E-state index in [-0.39, 0.29) is 5.82 Å². The van der Waals surface area contributed by atoms with Gasteiger partial charge in [-0.15, -0.1) is 0 Å². The molecule has 3 nitrogen and oxygen atoms in total. The van der Waals surface area contributed by atoms with Crippen molar-refractivity contribution in [2.75, 3.05) is 12.6 Å². The molecule has 0 fully saturated rings. The number of benzene rings is 2. The van der Waals surface area contributed by atoms with E-state index in [4.69, 9.17) is 9.57 Å². The molecule has 0 aliphatic heterocycles. The van der Waals surface area contributed by atoms with Crippen molar-refractivity contribution in [2.45, 2.75) is 6.61 Å². The van der Waals surface area contributed by atoms with Gasteiger partial charge in [0.1, 0.15) is 18.2 Å². The normalized spacial score (nSPS) is 10.1. The van der Waals surface area contributed by atoms with E-state index in [1.54, 1.807) is 13.2 Å². The zero-order valence-electron chi connectivity index (χ0n) is 10.0. The summed E-state index contributed by atoms with van der Waals surface area (Å²) in [5.74, 6) is 0.469. The summed E-state index contributed by atoms with van der Waals surface area (Å²) in [5.41, 5.74) is 4.35. The molecule has 0 spiro atoms. The van der Waals surface area contributed by atoms with Crippen molar-refractivity contribution in [3.05, 3.63) is 59.9 Å². The van der Waals surface area contributed by atoms with Gasteiger partial charge in [-0.1, -0.05) is 12.1 Å². The Kier molecular flexibility index (Phi) is 4.15. The van der Waals surface area contributed by atoms with Crippen molar-refractivity contribution in [1.29, 1.82) is 0 Å². The molecule has 0 unspecified atom stereocenters. The Morgan fingerprint density at radius 1 is 1.11 bits per heavy atom. The van der Waals surface area contributed by atoms with Crippen molar-refractivity contribution in [1.82, 2.24) is 0 Å². The molecule has 0 aliphatic carbocycles. The van der Waals surface area contributed by atoms with Crippen LogP contribution in [-0.4, -0.2) is 7.11 Å². The number of hydrogen-bond acceptors (Lipinski definition) is 3. The number of halogens is 1. The summed E-state index contributed by atoms with van der Waals surface area (Å²) in [7, 11) is 1.55. The zero-order valence-corrected chi connectivity index (χ0v) is 10.0. The highest BCUT2D eigenvalue weighted by atomic mass is 19.1. The van der Waals surface area contributed by atoms with Crippen LogP contribution in [0, 0.1) is 5.82 Å². The SMILES string of the molecule is CONc1ccc(OCc2cccc(F)c2)cc1. The summed E-state index contributed by atoms with van der Waals surface area (Å²) in [6.45, 7) is 0.342. The standard InChI is InChI=1S/C14H14FNO2/c1-17-16-13-5-7-14(8-6-13)18-10-11-3-2-4-12(15)9-11/h2-9,16H,10H2,1H3. The minimum absolute atomic E-state index is 0.254. The van der Waals surface area contributed by atoms with Crippen LogP contribution in [-0.2, 0) is 11.4 Å². The van der Waals surface area contributed by atoms with Gasteiger partial charge in [0, 0.05) is 0 Å². The van der Waals surface area contributed by atoms with Gasteiger partial charge < -0.3 is 4.74 Å². The molecule has 0 atom stereocenters. The van der Waals surface area contributed by atoms with Crippen LogP contribution in [0.1, 0.15) is 5.56 Å². The third kappa shape index (κ3) is 3.46. The van der Waals surface area contributed by atoms with Crippen molar-refractivity contribution < 1.29 is 14.0 Å². The highest BCUT2D eigenvalue weighted by Crippen LogP contribution is 2.17. The van der Waals surface area contributed by atoms with E-state index in [9.17, 15) is 4.39 Å². The van der Waals surface area contributed by atoms with Crippen LogP contribution in [0.25, 0.3) is 0 Å². The average molecular weight is 247 g/mol. The second-order valence-corrected chi connectivity index (χ2v) is 3.75. The maximum absolute atomic E-state index is 13.0. The Bertz CT molecular complexity index is 499. The molecule has 2 aromatic rings. The second kappa shape index (κ2) is 6.02. The van der Waals surface area contributed by atoms with E-state index >= 15 is 0 Å². The first-order chi connectivity index (χ1) is 8.78. The molecule has 0 aliphatic rings. The molecule has 94 valence electrons. The summed E-state index contributed by atoms with van der Waals surface area (Å²) in [4.78, 5) is 4.78. The molecule has 2 aromatic carbocycles. The molecule has 1 N–H and O–H groups in total. The van der Waals surface area contributed by atoms with E-state index in [2.05, 4.69) is 5.48 Å². The maximum Gasteiger partial charge on any atom is 0.123 e. The van der Waals surface area contributed by atoms with Crippen LogP contribution in [0.2, 0.25) is 0 Å². The maximum atomic E-state index is 13.0. The first-order valence-corrected chi connectivity index (χ1v) is 5.54. The van der Waals surface area contributed by atoms with E-state index in [0.29, 0.717) is 6.61 Å². The Balaban J connectivity index is 1.93. The first-order valence-electron chi connectivity index (χ1n) is 5.54. The Morgan fingerprint density at radius 3 is 2.56 bits per heavy atom.